The lowest BCUT2D eigenvalue weighted by atomic mass is 9.55. The molecular weight excluding hydrogens is 498 g/mol. The number of hydrogen-bond donors (Lipinski definition) is 1. The number of fused-ring (bicyclic) bond motifs is 1. The van der Waals surface area contributed by atoms with Gasteiger partial charge in [-0.1, -0.05) is 35.9 Å². The second kappa shape index (κ2) is 9.08. The van der Waals surface area contributed by atoms with Crippen LogP contribution in [0.15, 0.2) is 42.5 Å². The molecule has 0 saturated carbocycles. The van der Waals surface area contributed by atoms with E-state index < -0.39 is 51.7 Å². The number of nitrogens with zero attached hydrogens (tertiary/aromatic N) is 2. The maximum Gasteiger partial charge on any atom is 0.349 e. The lowest BCUT2D eigenvalue weighted by Crippen LogP contribution is -2.66. The number of carbonyl (C=O) groups excluding carboxylic acids is 4. The van der Waals surface area contributed by atoms with Crippen molar-refractivity contribution in [1.29, 1.82) is 0 Å². The van der Waals surface area contributed by atoms with Gasteiger partial charge in [0.2, 0.25) is 19.8 Å². The fourth-order valence-electron chi connectivity index (χ4n) is 4.23. The summed E-state index contributed by atoms with van der Waals surface area (Å²) in [5, 5.41) is -0.167. The lowest BCUT2D eigenvalue weighted by molar-refractivity contribution is -0.148. The molecule has 7 nitrogen and oxygen atoms in total. The Morgan fingerprint density at radius 3 is 2.30 bits per heavy atom. The molecule has 10 radical (unpaired) electrons. The van der Waals surface area contributed by atoms with Crippen LogP contribution in [0.1, 0.15) is 33.5 Å². The van der Waals surface area contributed by atoms with Gasteiger partial charge in [0.1, 0.15) is 7.85 Å². The highest BCUT2D eigenvalue weighted by Crippen LogP contribution is 2.40. The Hall–Kier alpha value is -3.01. The Morgan fingerprint density at radius 2 is 1.68 bits per heavy atom. The first-order valence-corrected chi connectivity index (χ1v) is 11.1. The molecule has 2 heterocycles. The number of hydrogen-bond acceptors (Lipinski definition) is 4. The third kappa shape index (κ3) is 4.39. The van der Waals surface area contributed by atoms with Gasteiger partial charge in [-0.3, -0.25) is 19.2 Å². The van der Waals surface area contributed by atoms with Crippen molar-refractivity contribution < 1.29 is 28.0 Å². The fourth-order valence-corrected chi connectivity index (χ4v) is 4.35. The van der Waals surface area contributed by atoms with Gasteiger partial charge in [0.05, 0.1) is 29.0 Å². The van der Waals surface area contributed by atoms with Crippen LogP contribution >= 0.6 is 11.6 Å². The number of piperidine rings is 1. The summed E-state index contributed by atoms with van der Waals surface area (Å²) >= 11 is 5.71. The van der Waals surface area contributed by atoms with Gasteiger partial charge in [-0.2, -0.15) is 8.78 Å². The summed E-state index contributed by atoms with van der Waals surface area (Å²) in [6, 6.07) is 8.23. The van der Waals surface area contributed by atoms with Gasteiger partial charge in [-0.25, -0.2) is 0 Å². The van der Waals surface area contributed by atoms with Crippen molar-refractivity contribution in [3.63, 3.8) is 0 Å². The maximum absolute atomic E-state index is 14.7. The summed E-state index contributed by atoms with van der Waals surface area (Å²) in [5.41, 5.74) is -2.41. The first kappa shape index (κ1) is 27.0. The normalized spacial score (nSPS) is 22.2. The molecule has 2 aromatic carbocycles. The maximum atomic E-state index is 14.7. The summed E-state index contributed by atoms with van der Waals surface area (Å²) in [6.07, 6.45) is -0.382. The summed E-state index contributed by atoms with van der Waals surface area (Å²) in [4.78, 5) is 51.4. The Kier molecular flexibility index (Phi) is 6.63. The monoisotopic (exact) mass is 511 g/mol. The van der Waals surface area contributed by atoms with Crippen LogP contribution < -0.4 is 5.32 Å². The highest BCUT2D eigenvalue weighted by molar-refractivity contribution is 6.43. The number of amides is 4. The van der Waals surface area contributed by atoms with E-state index in [1.807, 2.05) is 5.32 Å². The van der Waals surface area contributed by atoms with Crippen molar-refractivity contribution in [2.75, 3.05) is 0 Å². The highest BCUT2D eigenvalue weighted by Gasteiger charge is 2.53. The van der Waals surface area contributed by atoms with Gasteiger partial charge in [0.25, 0.3) is 11.8 Å². The molecule has 0 aliphatic carbocycles. The van der Waals surface area contributed by atoms with Gasteiger partial charge in [0, 0.05) is 29.1 Å². The molecule has 1 fully saturated rings. The molecular formula is C22H13B5ClF2N3O4. The van der Waals surface area contributed by atoms with Crippen LogP contribution in [0.25, 0.3) is 0 Å². The highest BCUT2D eigenvalue weighted by atomic mass is 35.5. The van der Waals surface area contributed by atoms with Crippen molar-refractivity contribution in [1.82, 2.24) is 15.0 Å². The van der Waals surface area contributed by atoms with E-state index in [0.717, 1.165) is 17.0 Å². The predicted octanol–water partition coefficient (Wildman–Crippen LogP) is 0.316. The molecule has 0 bridgehead atoms. The van der Waals surface area contributed by atoms with Crippen molar-refractivity contribution in [3.05, 3.63) is 69.7 Å². The molecule has 2 aliphatic heterocycles. The van der Waals surface area contributed by atoms with E-state index >= 15 is 0 Å². The fraction of sp³-hybridized carbons (Fsp3) is 0.273. The first-order chi connectivity index (χ1) is 17.1. The molecule has 0 aromatic heterocycles. The van der Waals surface area contributed by atoms with Crippen LogP contribution in [0, 0.1) is 0 Å². The Balaban J connectivity index is 1.59. The van der Waals surface area contributed by atoms with E-state index in [4.69, 9.17) is 51.0 Å². The third-order valence-corrected chi connectivity index (χ3v) is 6.69. The zero-order valence-electron chi connectivity index (χ0n) is 19.1. The SMILES string of the molecule is [B]C1CC(=O)N([B])C(=O)[C@@]1([B])N1Cc2cc(C([B])([B])NC(=O)C(F)(F)c3ccc(Cl)cc3)ccc2C1=O. The quantitative estimate of drug-likeness (QED) is 0.464. The molecule has 2 atom stereocenters. The van der Waals surface area contributed by atoms with Crippen molar-refractivity contribution >= 4 is 74.6 Å². The zero-order valence-corrected chi connectivity index (χ0v) is 19.8. The van der Waals surface area contributed by atoms with Crippen LogP contribution in [0.4, 0.5) is 8.78 Å². The topological polar surface area (TPSA) is 86.8 Å². The number of halogens is 3. The number of benzene rings is 2. The minimum Gasteiger partial charge on any atom is -0.358 e. The van der Waals surface area contributed by atoms with E-state index in [1.165, 1.54) is 30.3 Å². The zero-order chi connectivity index (χ0) is 27.5. The Labute approximate surface area is 222 Å². The molecule has 1 N–H and O–H groups in total. The summed E-state index contributed by atoms with van der Waals surface area (Å²) in [7, 11) is 29.7. The van der Waals surface area contributed by atoms with Crippen molar-refractivity contribution in [3.8, 4) is 0 Å². The largest absolute Gasteiger partial charge is 0.358 e. The summed E-state index contributed by atoms with van der Waals surface area (Å²) in [6.45, 7) is -0.259. The van der Waals surface area contributed by atoms with Crippen LogP contribution in [0.2, 0.25) is 10.8 Å². The predicted molar refractivity (Wildman–Crippen MR) is 133 cm³/mol. The number of nitrogens with one attached hydrogen (secondary N) is 1. The van der Waals surface area contributed by atoms with E-state index in [1.54, 1.807) is 0 Å². The lowest BCUT2D eigenvalue weighted by Gasteiger charge is -2.48. The Bertz CT molecular complexity index is 1330. The van der Waals surface area contributed by atoms with Crippen molar-refractivity contribution in [2.45, 2.75) is 35.5 Å². The molecule has 37 heavy (non-hydrogen) atoms. The summed E-state index contributed by atoms with van der Waals surface area (Å²) < 4.78 is 29.4. The third-order valence-electron chi connectivity index (χ3n) is 6.44. The molecule has 4 amide bonds. The summed E-state index contributed by atoms with van der Waals surface area (Å²) in [5.74, 6) is -9.53. The van der Waals surface area contributed by atoms with E-state index in [-0.39, 0.29) is 34.7 Å². The average Bonchev–Trinajstić information content (AvgIpc) is 3.17. The van der Waals surface area contributed by atoms with Gasteiger partial charge < -0.3 is 15.0 Å². The molecule has 1 saturated heterocycles. The molecule has 1 unspecified atom stereocenters. The molecule has 15 heteroatoms. The second-order valence-corrected chi connectivity index (χ2v) is 9.31. The number of rotatable bonds is 5. The van der Waals surface area contributed by atoms with Gasteiger partial charge >= 0.3 is 5.92 Å². The average molecular weight is 511 g/mol. The molecule has 176 valence electrons. The minimum atomic E-state index is -3.99. The number of alkyl halides is 2. The number of imide groups is 1. The standard InChI is InChI=1S/C22H13B5ClF2N3O4/c23-15-8-16(34)33(27)19(37)20(15,24)32-9-10-7-12(3-6-14(10)17(32)35)22(25,26)31-18(36)21(29,30)11-1-4-13(28)5-2-11/h1-7,15H,8-9H2,(H,31,36)/t15?,20-/m0/s1. The second-order valence-electron chi connectivity index (χ2n) is 8.87. The molecule has 0 spiro atoms. The van der Waals surface area contributed by atoms with Crippen LogP contribution in [-0.4, -0.2) is 78.1 Å². The van der Waals surface area contributed by atoms with E-state index in [9.17, 15) is 28.0 Å². The molecule has 4 rings (SSSR count). The Morgan fingerprint density at radius 1 is 1.08 bits per heavy atom. The molecule has 2 aliphatic rings. The van der Waals surface area contributed by atoms with Crippen LogP contribution in [0.3, 0.4) is 0 Å². The van der Waals surface area contributed by atoms with Gasteiger partial charge in [-0.05, 0) is 40.5 Å². The van der Waals surface area contributed by atoms with E-state index in [0.29, 0.717) is 4.81 Å². The van der Waals surface area contributed by atoms with Crippen molar-refractivity contribution in [2.24, 2.45) is 0 Å². The molecule has 2 aromatic rings. The van der Waals surface area contributed by atoms with Crippen LogP contribution in [-0.2, 0) is 32.2 Å². The van der Waals surface area contributed by atoms with Gasteiger partial charge in [-0.15, -0.1) is 0 Å². The smallest absolute Gasteiger partial charge is 0.349 e. The first-order valence-electron chi connectivity index (χ1n) is 10.8. The van der Waals surface area contributed by atoms with Gasteiger partial charge in [0.15, 0.2) is 0 Å². The van der Waals surface area contributed by atoms with Crippen LogP contribution in [0.5, 0.6) is 0 Å². The number of carbonyl (C=O) groups is 4. The van der Waals surface area contributed by atoms with E-state index in [2.05, 4.69) is 0 Å². The minimum absolute atomic E-state index is 0.0258.